The fraction of sp³-hybridized carbons (Fsp3) is 0.176. The Kier molecular flexibility index (Phi) is 5.45. The zero-order valence-corrected chi connectivity index (χ0v) is 14.7. The van der Waals surface area contributed by atoms with E-state index in [1.54, 1.807) is 18.2 Å². The Morgan fingerprint density at radius 1 is 1.36 bits per heavy atom. The normalized spacial score (nSPS) is 15.2. The van der Waals surface area contributed by atoms with E-state index in [0.29, 0.717) is 11.1 Å². The SMILES string of the molecule is NC(N)=NCc1ccnc(C(=O)NC2Cc3cccc(C(=O)O)c3OB2O)c1. The van der Waals surface area contributed by atoms with Crippen molar-refractivity contribution in [3.05, 3.63) is 58.9 Å². The minimum atomic E-state index is -1.40. The number of hydrogen-bond donors (Lipinski definition) is 5. The van der Waals surface area contributed by atoms with Crippen LogP contribution in [-0.4, -0.2) is 46.0 Å². The molecule has 3 rings (SSSR count). The molecule has 2 heterocycles. The lowest BCUT2D eigenvalue weighted by Gasteiger charge is -2.28. The maximum absolute atomic E-state index is 12.5. The third-order valence-electron chi connectivity index (χ3n) is 4.17. The zero-order valence-electron chi connectivity index (χ0n) is 14.7. The highest BCUT2D eigenvalue weighted by Gasteiger charge is 2.38. The average molecular weight is 383 g/mol. The minimum Gasteiger partial charge on any atom is -0.534 e. The molecule has 7 N–H and O–H groups in total. The van der Waals surface area contributed by atoms with Crippen LogP contribution in [0.25, 0.3) is 0 Å². The number of guanidine groups is 1. The molecule has 0 saturated heterocycles. The number of nitrogens with one attached hydrogen (secondary N) is 1. The van der Waals surface area contributed by atoms with Crippen LogP contribution >= 0.6 is 0 Å². The van der Waals surface area contributed by atoms with E-state index in [-0.39, 0.29) is 35.9 Å². The number of aromatic carboxylic acids is 1. The number of rotatable bonds is 5. The predicted octanol–water partition coefficient (Wildman–Crippen LogP) is -0.694. The molecule has 0 radical (unpaired) electrons. The van der Waals surface area contributed by atoms with Gasteiger partial charge in [-0.25, -0.2) is 9.79 Å². The number of benzene rings is 1. The molecule has 144 valence electrons. The number of carbonyl (C=O) groups is 2. The number of amides is 1. The van der Waals surface area contributed by atoms with Crippen molar-refractivity contribution in [3.63, 3.8) is 0 Å². The Morgan fingerprint density at radius 3 is 2.86 bits per heavy atom. The molecule has 2 aromatic rings. The summed E-state index contributed by atoms with van der Waals surface area (Å²) in [6.45, 7) is 0.200. The summed E-state index contributed by atoms with van der Waals surface area (Å²) in [5, 5.41) is 22.1. The molecule has 0 aliphatic carbocycles. The van der Waals surface area contributed by atoms with Crippen molar-refractivity contribution in [2.45, 2.75) is 18.9 Å². The van der Waals surface area contributed by atoms with Crippen molar-refractivity contribution < 1.29 is 24.4 Å². The van der Waals surface area contributed by atoms with Gasteiger partial charge in [-0.15, -0.1) is 0 Å². The third-order valence-corrected chi connectivity index (χ3v) is 4.17. The van der Waals surface area contributed by atoms with Crippen LogP contribution in [0.1, 0.15) is 32.0 Å². The van der Waals surface area contributed by atoms with Crippen LogP contribution in [0.4, 0.5) is 0 Å². The number of carbonyl (C=O) groups excluding carboxylic acids is 1. The maximum atomic E-state index is 12.5. The van der Waals surface area contributed by atoms with Gasteiger partial charge in [-0.3, -0.25) is 9.78 Å². The smallest absolute Gasteiger partial charge is 0.534 e. The molecule has 11 heteroatoms. The van der Waals surface area contributed by atoms with Crippen molar-refractivity contribution >= 4 is 25.0 Å². The Bertz CT molecular complexity index is 947. The molecule has 1 aromatic carbocycles. The van der Waals surface area contributed by atoms with Gasteiger partial charge in [0.1, 0.15) is 11.4 Å². The highest BCUT2D eigenvalue weighted by molar-refractivity contribution is 6.47. The maximum Gasteiger partial charge on any atom is 0.547 e. The Hall–Kier alpha value is -3.60. The number of nitrogens with zero attached hydrogens (tertiary/aromatic N) is 2. The molecule has 1 unspecified atom stereocenters. The van der Waals surface area contributed by atoms with Gasteiger partial charge in [-0.1, -0.05) is 12.1 Å². The summed E-state index contributed by atoms with van der Waals surface area (Å²) in [7, 11) is -1.40. The molecule has 10 nitrogen and oxygen atoms in total. The van der Waals surface area contributed by atoms with Crippen molar-refractivity contribution in [1.82, 2.24) is 10.3 Å². The van der Waals surface area contributed by atoms with Crippen LogP contribution < -0.4 is 21.4 Å². The number of hydrogen-bond acceptors (Lipinski definition) is 6. The second-order valence-corrected chi connectivity index (χ2v) is 6.18. The quantitative estimate of drug-likeness (QED) is 0.256. The molecule has 1 aromatic heterocycles. The van der Waals surface area contributed by atoms with E-state index in [2.05, 4.69) is 15.3 Å². The summed E-state index contributed by atoms with van der Waals surface area (Å²) in [5.41, 5.74) is 11.9. The highest BCUT2D eigenvalue weighted by Crippen LogP contribution is 2.30. The molecule has 0 spiro atoms. The Balaban J connectivity index is 1.75. The summed E-state index contributed by atoms with van der Waals surface area (Å²) in [4.78, 5) is 31.7. The molecule has 28 heavy (non-hydrogen) atoms. The van der Waals surface area contributed by atoms with Gasteiger partial charge in [0, 0.05) is 6.20 Å². The largest absolute Gasteiger partial charge is 0.547 e. The third kappa shape index (κ3) is 4.21. The van der Waals surface area contributed by atoms with E-state index in [1.807, 2.05) is 0 Å². The summed E-state index contributed by atoms with van der Waals surface area (Å²) in [6.07, 6.45) is 1.66. The molecule has 0 saturated carbocycles. The Labute approximate surface area is 160 Å². The molecule has 0 bridgehead atoms. The molecule has 1 aliphatic rings. The first-order chi connectivity index (χ1) is 13.3. The zero-order chi connectivity index (χ0) is 20.3. The molecule has 1 amide bonds. The van der Waals surface area contributed by atoms with Gasteiger partial charge in [0.05, 0.1) is 18.0 Å². The lowest BCUT2D eigenvalue weighted by atomic mass is 9.72. The topological polar surface area (TPSA) is 173 Å². The number of carboxylic acid groups (broad SMARTS) is 1. The van der Waals surface area contributed by atoms with E-state index < -0.39 is 24.9 Å². The van der Waals surface area contributed by atoms with Crippen LogP contribution in [-0.2, 0) is 13.0 Å². The number of pyridine rings is 1. The number of fused-ring (bicyclic) bond motifs is 1. The summed E-state index contributed by atoms with van der Waals surface area (Å²) in [5.74, 6) is -2.41. The van der Waals surface area contributed by atoms with Crippen LogP contribution in [0.15, 0.2) is 41.5 Å². The van der Waals surface area contributed by atoms with Crippen molar-refractivity contribution in [1.29, 1.82) is 0 Å². The first-order valence-electron chi connectivity index (χ1n) is 8.36. The van der Waals surface area contributed by atoms with Crippen LogP contribution in [0, 0.1) is 0 Å². The summed E-state index contributed by atoms with van der Waals surface area (Å²) in [6, 6.07) is 7.86. The number of nitrogens with two attached hydrogens (primary N) is 2. The Morgan fingerprint density at radius 2 is 2.14 bits per heavy atom. The number of carboxylic acids is 1. The summed E-state index contributed by atoms with van der Waals surface area (Å²) < 4.78 is 5.36. The van der Waals surface area contributed by atoms with Gasteiger partial charge in [-0.05, 0) is 35.7 Å². The standard InChI is InChI=1S/C17H18BN5O5/c19-17(20)22-8-9-4-5-21-12(6-9)15(24)23-13-7-10-2-1-3-11(16(25)26)14(10)28-18(13)27/h1-6,13,27H,7-8H2,(H,23,24)(H,25,26)(H4,19,20,22). The lowest BCUT2D eigenvalue weighted by Crippen LogP contribution is -2.53. The molecule has 1 atom stereocenters. The van der Waals surface area contributed by atoms with Gasteiger partial charge >= 0.3 is 13.1 Å². The van der Waals surface area contributed by atoms with Gasteiger partial charge in [0.25, 0.3) is 5.91 Å². The van der Waals surface area contributed by atoms with Crippen LogP contribution in [0.5, 0.6) is 5.75 Å². The van der Waals surface area contributed by atoms with Crippen LogP contribution in [0.2, 0.25) is 0 Å². The first kappa shape index (κ1) is 19.2. The van der Waals surface area contributed by atoms with Crippen molar-refractivity contribution in [2.24, 2.45) is 16.5 Å². The van der Waals surface area contributed by atoms with E-state index in [0.717, 1.165) is 0 Å². The second kappa shape index (κ2) is 7.97. The minimum absolute atomic E-state index is 0.0459. The fourth-order valence-electron chi connectivity index (χ4n) is 2.84. The van der Waals surface area contributed by atoms with E-state index >= 15 is 0 Å². The first-order valence-corrected chi connectivity index (χ1v) is 8.36. The van der Waals surface area contributed by atoms with E-state index in [4.69, 9.17) is 16.1 Å². The number of aromatic nitrogens is 1. The second-order valence-electron chi connectivity index (χ2n) is 6.18. The molecule has 1 aliphatic heterocycles. The molecule has 0 fully saturated rings. The fourth-order valence-corrected chi connectivity index (χ4v) is 2.84. The van der Waals surface area contributed by atoms with Gasteiger partial charge in [0.2, 0.25) is 0 Å². The molecular weight excluding hydrogens is 365 g/mol. The monoisotopic (exact) mass is 383 g/mol. The van der Waals surface area contributed by atoms with E-state index in [9.17, 15) is 19.7 Å². The molecular formula is C17H18BN5O5. The van der Waals surface area contributed by atoms with Crippen molar-refractivity contribution in [2.75, 3.05) is 0 Å². The predicted molar refractivity (Wildman–Crippen MR) is 101 cm³/mol. The highest BCUT2D eigenvalue weighted by atomic mass is 16.5. The number of aliphatic imine (C=N–C) groups is 1. The van der Waals surface area contributed by atoms with E-state index in [1.165, 1.54) is 18.3 Å². The van der Waals surface area contributed by atoms with Crippen molar-refractivity contribution in [3.8, 4) is 5.75 Å². The van der Waals surface area contributed by atoms with Gasteiger partial charge in [0.15, 0.2) is 5.96 Å². The number of para-hydroxylation sites is 1. The average Bonchev–Trinajstić information content (AvgIpc) is 2.66. The lowest BCUT2D eigenvalue weighted by molar-refractivity contribution is 0.0693. The van der Waals surface area contributed by atoms with Crippen LogP contribution in [0.3, 0.4) is 0 Å². The van der Waals surface area contributed by atoms with Gasteiger partial charge < -0.3 is 31.6 Å². The van der Waals surface area contributed by atoms with Gasteiger partial charge in [-0.2, -0.15) is 0 Å². The summed E-state index contributed by atoms with van der Waals surface area (Å²) >= 11 is 0.